The van der Waals surface area contributed by atoms with Crippen molar-refractivity contribution in [3.63, 3.8) is 0 Å². The average molecular weight is 190 g/mol. The van der Waals surface area contributed by atoms with Crippen molar-refractivity contribution in [3.8, 4) is 5.75 Å². The summed E-state index contributed by atoms with van der Waals surface area (Å²) in [6.07, 6.45) is 3.16. The lowest BCUT2D eigenvalue weighted by Gasteiger charge is -2.00. The molecule has 0 aliphatic carbocycles. The van der Waals surface area contributed by atoms with E-state index >= 15 is 0 Å². The molecule has 0 aliphatic rings. The average Bonchev–Trinajstić information content (AvgIpc) is 2.62. The number of aromatic nitrogens is 1. The molecule has 0 spiro atoms. The first-order valence-corrected chi connectivity index (χ1v) is 4.18. The summed E-state index contributed by atoms with van der Waals surface area (Å²) >= 11 is 0. The molecule has 0 aliphatic heterocycles. The van der Waals surface area contributed by atoms with Gasteiger partial charge < -0.3 is 14.9 Å². The highest BCUT2D eigenvalue weighted by Crippen LogP contribution is 2.25. The van der Waals surface area contributed by atoms with Crippen molar-refractivity contribution in [2.45, 2.75) is 0 Å². The Bertz CT molecular complexity index is 474. The molecule has 1 aromatic heterocycles. The van der Waals surface area contributed by atoms with Gasteiger partial charge in [0.1, 0.15) is 5.75 Å². The van der Waals surface area contributed by atoms with Gasteiger partial charge in [-0.1, -0.05) is 17.3 Å². The predicted molar refractivity (Wildman–Crippen MR) is 54.2 cm³/mol. The van der Waals surface area contributed by atoms with Crippen LogP contribution in [-0.2, 0) is 0 Å². The van der Waals surface area contributed by atoms with Crippen LogP contribution < -0.4 is 4.74 Å². The van der Waals surface area contributed by atoms with Gasteiger partial charge in [-0.15, -0.1) is 0 Å². The van der Waals surface area contributed by atoms with E-state index in [-0.39, 0.29) is 0 Å². The van der Waals surface area contributed by atoms with Crippen molar-refractivity contribution in [1.82, 2.24) is 4.98 Å². The normalized spacial score (nSPS) is 11.2. The van der Waals surface area contributed by atoms with Crippen LogP contribution in [0.2, 0.25) is 0 Å². The van der Waals surface area contributed by atoms with E-state index in [1.807, 2.05) is 18.2 Å². The van der Waals surface area contributed by atoms with Crippen molar-refractivity contribution < 1.29 is 9.94 Å². The van der Waals surface area contributed by atoms with Crippen LogP contribution in [0.1, 0.15) is 5.56 Å². The molecule has 4 heteroatoms. The van der Waals surface area contributed by atoms with Gasteiger partial charge in [-0.05, 0) is 6.07 Å². The third-order valence-corrected chi connectivity index (χ3v) is 2.13. The molecule has 0 saturated carbocycles. The Morgan fingerprint density at radius 1 is 1.50 bits per heavy atom. The number of hydrogen-bond acceptors (Lipinski definition) is 3. The van der Waals surface area contributed by atoms with Crippen molar-refractivity contribution in [1.29, 1.82) is 0 Å². The number of rotatable bonds is 2. The quantitative estimate of drug-likeness (QED) is 0.432. The van der Waals surface area contributed by atoms with Crippen LogP contribution >= 0.6 is 0 Å². The van der Waals surface area contributed by atoms with E-state index in [0.29, 0.717) is 0 Å². The molecule has 0 fully saturated rings. The van der Waals surface area contributed by atoms with E-state index in [2.05, 4.69) is 10.1 Å². The molecule has 72 valence electrons. The van der Waals surface area contributed by atoms with Gasteiger partial charge in [0.15, 0.2) is 0 Å². The number of para-hydroxylation sites is 1. The van der Waals surface area contributed by atoms with E-state index in [4.69, 9.17) is 9.94 Å². The molecule has 2 rings (SSSR count). The molecule has 0 saturated heterocycles. The van der Waals surface area contributed by atoms with Crippen LogP contribution in [0.4, 0.5) is 0 Å². The number of methoxy groups -OCH3 is 1. The van der Waals surface area contributed by atoms with Crippen LogP contribution in [0, 0.1) is 0 Å². The number of ether oxygens (including phenoxy) is 1. The van der Waals surface area contributed by atoms with Crippen molar-refractivity contribution in [2.24, 2.45) is 5.16 Å². The van der Waals surface area contributed by atoms with Crippen molar-refractivity contribution in [3.05, 3.63) is 30.0 Å². The van der Waals surface area contributed by atoms with Crippen LogP contribution in [0.25, 0.3) is 10.9 Å². The summed E-state index contributed by atoms with van der Waals surface area (Å²) in [5, 5.41) is 12.4. The number of benzene rings is 1. The number of nitrogens with zero attached hydrogens (tertiary/aromatic N) is 1. The van der Waals surface area contributed by atoms with Gasteiger partial charge in [0.2, 0.25) is 0 Å². The van der Waals surface area contributed by atoms with E-state index in [0.717, 1.165) is 22.2 Å². The number of oxime groups is 1. The fourth-order valence-electron chi connectivity index (χ4n) is 1.49. The second-order valence-electron chi connectivity index (χ2n) is 2.87. The number of H-pyrrole nitrogens is 1. The highest BCUT2D eigenvalue weighted by Gasteiger charge is 2.05. The minimum atomic E-state index is 0.778. The molecule has 2 aromatic rings. The summed E-state index contributed by atoms with van der Waals surface area (Å²) in [6.45, 7) is 0. The molecule has 0 amide bonds. The Morgan fingerprint density at radius 2 is 2.36 bits per heavy atom. The Balaban J connectivity index is 2.69. The molecular weight excluding hydrogens is 180 g/mol. The van der Waals surface area contributed by atoms with Crippen LogP contribution in [0.15, 0.2) is 29.6 Å². The van der Waals surface area contributed by atoms with Crippen LogP contribution in [0.5, 0.6) is 5.75 Å². The second-order valence-corrected chi connectivity index (χ2v) is 2.87. The Kier molecular flexibility index (Phi) is 2.10. The molecule has 1 heterocycles. The third-order valence-electron chi connectivity index (χ3n) is 2.13. The van der Waals surface area contributed by atoms with E-state index in [1.54, 1.807) is 13.3 Å². The topological polar surface area (TPSA) is 57.6 Å². The van der Waals surface area contributed by atoms with Crippen LogP contribution in [-0.4, -0.2) is 23.5 Å². The molecule has 0 atom stereocenters. The molecule has 14 heavy (non-hydrogen) atoms. The Morgan fingerprint density at radius 3 is 3.07 bits per heavy atom. The Labute approximate surface area is 80.8 Å². The highest BCUT2D eigenvalue weighted by atomic mass is 16.5. The summed E-state index contributed by atoms with van der Waals surface area (Å²) in [7, 11) is 1.62. The molecule has 2 N–H and O–H groups in total. The molecule has 4 nitrogen and oxygen atoms in total. The van der Waals surface area contributed by atoms with Crippen molar-refractivity contribution in [2.75, 3.05) is 7.11 Å². The summed E-state index contributed by atoms with van der Waals surface area (Å²) in [5.41, 5.74) is 1.74. The van der Waals surface area contributed by atoms with Gasteiger partial charge in [0.05, 0.1) is 18.8 Å². The number of aromatic amines is 1. The third kappa shape index (κ3) is 1.21. The fraction of sp³-hybridized carbons (Fsp3) is 0.100. The first kappa shape index (κ1) is 8.62. The number of nitrogens with one attached hydrogen (secondary N) is 1. The van der Waals surface area contributed by atoms with Crippen molar-refractivity contribution >= 4 is 17.1 Å². The zero-order chi connectivity index (χ0) is 9.97. The summed E-state index contributed by atoms with van der Waals surface area (Å²) in [6, 6.07) is 5.70. The zero-order valence-corrected chi connectivity index (χ0v) is 7.69. The molecule has 0 radical (unpaired) electrons. The number of hydrogen-bond donors (Lipinski definition) is 2. The SMILES string of the molecule is COc1cccc2c(/C=N\O)c[nH]c12. The van der Waals surface area contributed by atoms with Crippen LogP contribution in [0.3, 0.4) is 0 Å². The van der Waals surface area contributed by atoms with Gasteiger partial charge in [-0.3, -0.25) is 0 Å². The second kappa shape index (κ2) is 3.41. The van der Waals surface area contributed by atoms with Gasteiger partial charge in [0.25, 0.3) is 0 Å². The van der Waals surface area contributed by atoms with Gasteiger partial charge in [-0.25, -0.2) is 0 Å². The van der Waals surface area contributed by atoms with Gasteiger partial charge in [-0.2, -0.15) is 0 Å². The standard InChI is InChI=1S/C10H10N2O2/c1-14-9-4-2-3-8-7(6-12-13)5-11-10(8)9/h2-6,11,13H,1H3/b12-6-. The summed E-state index contributed by atoms with van der Waals surface area (Å²) in [4.78, 5) is 3.07. The molecular formula is C10H10N2O2. The first-order valence-electron chi connectivity index (χ1n) is 4.18. The van der Waals surface area contributed by atoms with E-state index in [1.165, 1.54) is 6.21 Å². The minimum Gasteiger partial charge on any atom is -0.495 e. The summed E-state index contributed by atoms with van der Waals surface area (Å²) < 4.78 is 5.18. The van der Waals surface area contributed by atoms with E-state index in [9.17, 15) is 0 Å². The maximum atomic E-state index is 8.45. The zero-order valence-electron chi connectivity index (χ0n) is 7.69. The lowest BCUT2D eigenvalue weighted by Crippen LogP contribution is -1.83. The smallest absolute Gasteiger partial charge is 0.142 e. The van der Waals surface area contributed by atoms with E-state index < -0.39 is 0 Å². The van der Waals surface area contributed by atoms with Gasteiger partial charge >= 0.3 is 0 Å². The lowest BCUT2D eigenvalue weighted by molar-refractivity contribution is 0.322. The predicted octanol–water partition coefficient (Wildman–Crippen LogP) is 1.98. The highest BCUT2D eigenvalue weighted by molar-refractivity contribution is 6.00. The molecule has 0 unspecified atom stereocenters. The summed E-state index contributed by atoms with van der Waals surface area (Å²) in [5.74, 6) is 0.778. The lowest BCUT2D eigenvalue weighted by atomic mass is 10.2. The van der Waals surface area contributed by atoms with Gasteiger partial charge in [0, 0.05) is 17.1 Å². The minimum absolute atomic E-state index is 0.778. The molecule has 1 aromatic carbocycles. The maximum Gasteiger partial charge on any atom is 0.142 e. The largest absolute Gasteiger partial charge is 0.495 e. The fourth-order valence-corrected chi connectivity index (χ4v) is 1.49. The maximum absolute atomic E-state index is 8.45. The monoisotopic (exact) mass is 190 g/mol. The number of fused-ring (bicyclic) bond motifs is 1. The Hall–Kier alpha value is -1.97. The molecule has 0 bridgehead atoms. The first-order chi connectivity index (χ1) is 6.86.